The number of ether oxygens (including phenoxy) is 1. The molecule has 1 aliphatic rings. The largest absolute Gasteiger partial charge is 0.467 e. The monoisotopic (exact) mass is 418 g/mol. The fraction of sp³-hybridized carbons (Fsp3) is 0.167. The van der Waals surface area contributed by atoms with E-state index in [1.165, 1.54) is 7.11 Å². The predicted octanol–water partition coefficient (Wildman–Crippen LogP) is 3.72. The lowest BCUT2D eigenvalue weighted by Crippen LogP contribution is -2.50. The molecule has 0 aliphatic carbocycles. The van der Waals surface area contributed by atoms with Gasteiger partial charge in [-0.15, -0.1) is 0 Å². The molecule has 152 valence electrons. The average molecular weight is 418 g/mol. The van der Waals surface area contributed by atoms with Gasteiger partial charge in [-0.25, -0.2) is 4.79 Å². The van der Waals surface area contributed by atoms with Gasteiger partial charge in [0.05, 0.1) is 13.4 Å². The third kappa shape index (κ3) is 3.06. The third-order valence-electron chi connectivity index (χ3n) is 5.63. The molecule has 0 N–H and O–H groups in total. The van der Waals surface area contributed by atoms with Crippen LogP contribution in [0.15, 0.2) is 96.0 Å². The molecule has 0 radical (unpaired) electrons. The van der Waals surface area contributed by atoms with Crippen molar-refractivity contribution in [1.82, 2.24) is 4.67 Å². The van der Waals surface area contributed by atoms with E-state index in [-0.39, 0.29) is 0 Å². The van der Waals surface area contributed by atoms with Gasteiger partial charge in [-0.2, -0.15) is 0 Å². The maximum Gasteiger partial charge on any atom is 0.333 e. The van der Waals surface area contributed by atoms with Crippen LogP contribution < -0.4 is 10.6 Å². The van der Waals surface area contributed by atoms with Crippen molar-refractivity contribution in [2.75, 3.05) is 7.11 Å². The second-order valence-corrected chi connectivity index (χ2v) is 9.91. The van der Waals surface area contributed by atoms with Gasteiger partial charge in [-0.05, 0) is 36.8 Å². The molecule has 0 spiro atoms. The Hall–Kier alpha value is -3.17. The second-order valence-electron chi connectivity index (χ2n) is 7.30. The molecule has 0 saturated carbocycles. The lowest BCUT2D eigenvalue weighted by Gasteiger charge is -2.42. The van der Waals surface area contributed by atoms with Gasteiger partial charge in [0.25, 0.3) is 0 Å². The molecule has 0 fully saturated rings. The van der Waals surface area contributed by atoms with Crippen molar-refractivity contribution in [1.29, 1.82) is 0 Å². The number of hydrogen-bond acceptors (Lipinski definition) is 4. The number of methoxy groups -OCH3 is 1. The van der Waals surface area contributed by atoms with Gasteiger partial charge in [-0.1, -0.05) is 66.7 Å². The Morgan fingerprint density at radius 3 is 1.83 bits per heavy atom. The zero-order valence-corrected chi connectivity index (χ0v) is 17.8. The Kier molecular flexibility index (Phi) is 5.31. The van der Waals surface area contributed by atoms with Crippen molar-refractivity contribution in [3.8, 4) is 0 Å². The molecule has 5 nitrogen and oxygen atoms in total. The summed E-state index contributed by atoms with van der Waals surface area (Å²) in [4.78, 5) is 17.2. The molecule has 0 saturated heterocycles. The van der Waals surface area contributed by atoms with Gasteiger partial charge in [0.1, 0.15) is 5.54 Å². The van der Waals surface area contributed by atoms with Crippen molar-refractivity contribution in [2.24, 2.45) is 4.99 Å². The maximum absolute atomic E-state index is 14.9. The molecular weight excluding hydrogens is 395 g/mol. The van der Waals surface area contributed by atoms with Gasteiger partial charge >= 0.3 is 5.97 Å². The zero-order valence-electron chi connectivity index (χ0n) is 16.9. The van der Waals surface area contributed by atoms with Gasteiger partial charge in [0.2, 0.25) is 7.29 Å². The summed E-state index contributed by atoms with van der Waals surface area (Å²) in [5.41, 5.74) is -0.153. The third-order valence-corrected chi connectivity index (χ3v) is 8.75. The van der Waals surface area contributed by atoms with Gasteiger partial charge in [0, 0.05) is 10.6 Å². The molecule has 2 atom stereocenters. The number of benzene rings is 3. The second kappa shape index (κ2) is 7.92. The van der Waals surface area contributed by atoms with Crippen LogP contribution in [0.4, 0.5) is 0 Å². The van der Waals surface area contributed by atoms with Crippen LogP contribution in [0.25, 0.3) is 0 Å². The Labute approximate surface area is 176 Å². The van der Waals surface area contributed by atoms with Crippen LogP contribution in [0.1, 0.15) is 12.5 Å². The van der Waals surface area contributed by atoms with Crippen LogP contribution in [0.3, 0.4) is 0 Å². The highest BCUT2D eigenvalue weighted by Crippen LogP contribution is 2.56. The predicted molar refractivity (Wildman–Crippen MR) is 120 cm³/mol. The van der Waals surface area contributed by atoms with Crippen LogP contribution in [-0.4, -0.2) is 30.1 Å². The summed E-state index contributed by atoms with van der Waals surface area (Å²) in [5.74, 6) is -0.465. The quantitative estimate of drug-likeness (QED) is 0.468. The average Bonchev–Trinajstić information content (AvgIpc) is 3.18. The highest BCUT2D eigenvalue weighted by atomic mass is 31.2. The van der Waals surface area contributed by atoms with Crippen LogP contribution >= 0.6 is 7.29 Å². The first-order chi connectivity index (χ1) is 14.5. The fourth-order valence-corrected chi connectivity index (χ4v) is 6.97. The van der Waals surface area contributed by atoms with E-state index < -0.39 is 24.8 Å². The van der Waals surface area contributed by atoms with E-state index in [2.05, 4.69) is 4.99 Å². The Balaban J connectivity index is 1.98. The van der Waals surface area contributed by atoms with Crippen molar-refractivity contribution >= 4 is 30.2 Å². The molecular formula is C24H23N2O3P. The summed E-state index contributed by atoms with van der Waals surface area (Å²) < 4.78 is 21.8. The molecule has 30 heavy (non-hydrogen) atoms. The number of hydrogen-bond donors (Lipinski definition) is 0. The maximum atomic E-state index is 14.9. The minimum Gasteiger partial charge on any atom is -0.467 e. The molecule has 1 heterocycles. The minimum absolute atomic E-state index is 0.465. The van der Waals surface area contributed by atoms with Crippen LogP contribution in [0.2, 0.25) is 0 Å². The summed E-state index contributed by atoms with van der Waals surface area (Å²) in [5, 5.41) is 1.35. The topological polar surface area (TPSA) is 59.0 Å². The Bertz CT molecular complexity index is 1060. The van der Waals surface area contributed by atoms with E-state index in [4.69, 9.17) is 4.74 Å². The standard InChI is InChI=1S/C24H23N2O3P/c1-24(19-12-6-3-7-13-19)22(23(27)29-2)25-18-26(24)30(28,20-14-8-4-9-15-20)21-16-10-5-11-17-21/h3-18,22H,1-2H3/t22-,24+/m0/s1. The molecule has 4 rings (SSSR count). The minimum atomic E-state index is -3.37. The van der Waals surface area contributed by atoms with Crippen molar-refractivity contribution in [2.45, 2.75) is 18.5 Å². The number of nitrogens with zero attached hydrogens (tertiary/aromatic N) is 2. The van der Waals surface area contributed by atoms with E-state index >= 15 is 0 Å². The highest BCUT2D eigenvalue weighted by molar-refractivity contribution is 7.77. The lowest BCUT2D eigenvalue weighted by atomic mass is 9.85. The van der Waals surface area contributed by atoms with E-state index in [1.54, 1.807) is 11.0 Å². The summed E-state index contributed by atoms with van der Waals surface area (Å²) in [6.07, 6.45) is 1.55. The summed E-state index contributed by atoms with van der Waals surface area (Å²) in [6.45, 7) is 1.90. The van der Waals surface area contributed by atoms with Crippen molar-refractivity contribution in [3.63, 3.8) is 0 Å². The van der Waals surface area contributed by atoms with Gasteiger partial charge < -0.3 is 4.74 Å². The van der Waals surface area contributed by atoms with E-state index in [1.807, 2.05) is 97.9 Å². The molecule has 3 aromatic rings. The molecule has 0 aromatic heterocycles. The fourth-order valence-electron chi connectivity index (χ4n) is 4.01. The van der Waals surface area contributed by atoms with Gasteiger partial charge in [0.15, 0.2) is 6.04 Å². The first-order valence-electron chi connectivity index (χ1n) is 9.70. The molecule has 6 heteroatoms. The van der Waals surface area contributed by atoms with Crippen LogP contribution in [0.5, 0.6) is 0 Å². The molecule has 3 aromatic carbocycles. The smallest absolute Gasteiger partial charge is 0.333 e. The first kappa shape index (κ1) is 20.1. The summed E-state index contributed by atoms with van der Waals surface area (Å²) in [6, 6.07) is 27.4. The first-order valence-corrected chi connectivity index (χ1v) is 11.4. The number of carbonyl (C=O) groups excluding carboxylic acids is 1. The van der Waals surface area contributed by atoms with Crippen molar-refractivity contribution in [3.05, 3.63) is 96.6 Å². The van der Waals surface area contributed by atoms with Crippen molar-refractivity contribution < 1.29 is 14.1 Å². The number of aliphatic imine (C=N–C) groups is 1. The summed E-state index contributed by atoms with van der Waals surface area (Å²) in [7, 11) is -2.02. The number of carbonyl (C=O) groups is 1. The molecule has 0 amide bonds. The van der Waals surface area contributed by atoms with Gasteiger partial charge in [-0.3, -0.25) is 14.2 Å². The lowest BCUT2D eigenvalue weighted by molar-refractivity contribution is -0.144. The molecule has 1 aliphatic heterocycles. The number of rotatable bonds is 5. The van der Waals surface area contributed by atoms with E-state index in [9.17, 15) is 9.36 Å². The highest BCUT2D eigenvalue weighted by Gasteiger charge is 2.55. The number of esters is 1. The molecule has 0 bridgehead atoms. The van der Waals surface area contributed by atoms with Crippen LogP contribution in [0, 0.1) is 0 Å². The normalized spacial score (nSPS) is 20.9. The molecule has 0 unspecified atom stereocenters. The van der Waals surface area contributed by atoms with E-state index in [0.29, 0.717) is 10.6 Å². The van der Waals surface area contributed by atoms with Crippen LogP contribution in [-0.2, 0) is 19.6 Å². The SMILES string of the molecule is COC(=O)[C@@H]1N=CN(P(=O)(c2ccccc2)c2ccccc2)[C@]1(C)c1ccccc1. The zero-order chi connectivity index (χ0) is 21.2. The Morgan fingerprint density at radius 1 is 0.900 bits per heavy atom. The van der Waals surface area contributed by atoms with E-state index in [0.717, 1.165) is 5.56 Å². The Morgan fingerprint density at radius 2 is 1.37 bits per heavy atom. The summed E-state index contributed by atoms with van der Waals surface area (Å²) >= 11 is 0.